The van der Waals surface area contributed by atoms with Crippen LogP contribution < -0.4 is 9.47 Å². The van der Waals surface area contributed by atoms with E-state index in [2.05, 4.69) is 0 Å². The van der Waals surface area contributed by atoms with Gasteiger partial charge in [0.2, 0.25) is 11.6 Å². The Morgan fingerprint density at radius 2 is 0.933 bits per heavy atom. The molecule has 5 rings (SSSR count). The first-order valence-electron chi connectivity index (χ1n) is 15.5. The molecule has 2 saturated carbocycles. The average Bonchev–Trinajstić information content (AvgIpc) is 3.04. The highest BCUT2D eigenvalue weighted by Crippen LogP contribution is 2.43. The minimum Gasteiger partial charge on any atom is -0.491 e. The first-order chi connectivity index (χ1) is 21.6. The van der Waals surface area contributed by atoms with Crippen molar-refractivity contribution in [3.05, 3.63) is 93.6 Å². The smallest absolute Gasteiger partial charge is 0.341 e. The number of benzene rings is 3. The van der Waals surface area contributed by atoms with E-state index in [4.69, 9.17) is 14.2 Å². The summed E-state index contributed by atoms with van der Waals surface area (Å²) < 4.78 is 104. The van der Waals surface area contributed by atoms with Crippen LogP contribution >= 0.6 is 0 Å². The number of rotatable bonds is 9. The van der Waals surface area contributed by atoms with Crippen molar-refractivity contribution in [2.45, 2.75) is 89.1 Å². The van der Waals surface area contributed by atoms with Crippen molar-refractivity contribution in [3.8, 4) is 11.5 Å². The molecule has 10 heteroatoms. The SMILES string of the molecule is CCOc1ccc(C2CCC(OC(=O)c3ccc(C4CCC(c5ccc(OCC)c(F)c5F)CC4)c(F)c3F)CC2)c(F)c1F. The molecule has 242 valence electrons. The summed E-state index contributed by atoms with van der Waals surface area (Å²) in [6, 6.07) is 8.43. The van der Waals surface area contributed by atoms with Gasteiger partial charge in [0.15, 0.2) is 34.8 Å². The standard InChI is InChI=1S/C35H36F6O4/c1-3-43-27-17-15-24(30(37)33(27)40)20-7-5-19(6-8-20)23-13-14-26(32(39)29(23)36)35(42)45-22-11-9-21(10-12-22)25-16-18-28(44-4-2)34(41)31(25)38/h13-22H,3-12H2,1-2H3. The summed E-state index contributed by atoms with van der Waals surface area (Å²) in [5.74, 6) is -8.56. The van der Waals surface area contributed by atoms with Crippen molar-refractivity contribution in [2.24, 2.45) is 0 Å². The number of esters is 1. The van der Waals surface area contributed by atoms with Crippen LogP contribution in [0.5, 0.6) is 11.5 Å². The number of carbonyl (C=O) groups is 1. The van der Waals surface area contributed by atoms with Crippen LogP contribution in [0.4, 0.5) is 26.3 Å². The molecular formula is C35H36F6O4. The number of hydrogen-bond donors (Lipinski definition) is 0. The normalized spacial score (nSPS) is 21.8. The lowest BCUT2D eigenvalue weighted by Crippen LogP contribution is -2.25. The molecule has 0 aliphatic heterocycles. The topological polar surface area (TPSA) is 44.8 Å². The molecule has 0 bridgehead atoms. The van der Waals surface area contributed by atoms with Crippen LogP contribution in [0, 0.1) is 34.9 Å². The number of carbonyl (C=O) groups excluding carboxylic acids is 1. The monoisotopic (exact) mass is 634 g/mol. The fourth-order valence-electron chi connectivity index (χ4n) is 6.72. The van der Waals surface area contributed by atoms with Gasteiger partial charge in [0.05, 0.1) is 18.8 Å². The highest BCUT2D eigenvalue weighted by Gasteiger charge is 2.32. The molecule has 45 heavy (non-hydrogen) atoms. The maximum absolute atomic E-state index is 15.2. The Morgan fingerprint density at radius 3 is 1.36 bits per heavy atom. The van der Waals surface area contributed by atoms with E-state index in [0.717, 1.165) is 0 Å². The van der Waals surface area contributed by atoms with Gasteiger partial charge in [-0.15, -0.1) is 0 Å². The quantitative estimate of drug-likeness (QED) is 0.174. The molecule has 0 radical (unpaired) electrons. The van der Waals surface area contributed by atoms with Gasteiger partial charge < -0.3 is 14.2 Å². The molecular weight excluding hydrogens is 598 g/mol. The fourth-order valence-corrected chi connectivity index (χ4v) is 6.72. The maximum Gasteiger partial charge on any atom is 0.341 e. The molecule has 2 aliphatic rings. The van der Waals surface area contributed by atoms with Crippen LogP contribution in [0.1, 0.15) is 110 Å². The second-order valence-electron chi connectivity index (χ2n) is 11.7. The molecule has 0 heterocycles. The van der Waals surface area contributed by atoms with Crippen molar-refractivity contribution >= 4 is 5.97 Å². The maximum atomic E-state index is 15.2. The van der Waals surface area contributed by atoms with Gasteiger partial charge in [-0.1, -0.05) is 18.2 Å². The van der Waals surface area contributed by atoms with E-state index in [1.54, 1.807) is 13.8 Å². The summed E-state index contributed by atoms with van der Waals surface area (Å²) in [6.07, 6.45) is 2.76. The van der Waals surface area contributed by atoms with E-state index in [-0.39, 0.29) is 59.2 Å². The van der Waals surface area contributed by atoms with E-state index in [0.29, 0.717) is 51.4 Å². The molecule has 3 aromatic rings. The summed E-state index contributed by atoms with van der Waals surface area (Å²) in [6.45, 7) is 3.76. The average molecular weight is 635 g/mol. The summed E-state index contributed by atoms with van der Waals surface area (Å²) in [7, 11) is 0. The van der Waals surface area contributed by atoms with E-state index >= 15 is 8.78 Å². The van der Waals surface area contributed by atoms with Crippen molar-refractivity contribution in [1.82, 2.24) is 0 Å². The third-order valence-corrected chi connectivity index (χ3v) is 9.08. The highest BCUT2D eigenvalue weighted by molar-refractivity contribution is 5.90. The minimum absolute atomic E-state index is 0.131. The Hall–Kier alpha value is -3.69. The number of hydrogen-bond acceptors (Lipinski definition) is 4. The van der Waals surface area contributed by atoms with Gasteiger partial charge in [0.25, 0.3) is 0 Å². The Balaban J connectivity index is 1.18. The van der Waals surface area contributed by atoms with Crippen molar-refractivity contribution in [1.29, 1.82) is 0 Å². The lowest BCUT2D eigenvalue weighted by molar-refractivity contribution is 0.0188. The first-order valence-corrected chi connectivity index (χ1v) is 15.5. The van der Waals surface area contributed by atoms with Crippen molar-refractivity contribution in [3.63, 3.8) is 0 Å². The van der Waals surface area contributed by atoms with Gasteiger partial charge in [-0.3, -0.25) is 0 Å². The summed E-state index contributed by atoms with van der Waals surface area (Å²) in [5, 5.41) is 0. The van der Waals surface area contributed by atoms with Crippen molar-refractivity contribution < 1.29 is 45.3 Å². The van der Waals surface area contributed by atoms with Crippen LogP contribution in [0.25, 0.3) is 0 Å². The molecule has 0 saturated heterocycles. The Bertz CT molecular complexity index is 1530. The van der Waals surface area contributed by atoms with Gasteiger partial charge in [-0.25, -0.2) is 22.4 Å². The Labute approximate surface area is 258 Å². The molecule has 0 amide bonds. The molecule has 0 atom stereocenters. The minimum atomic E-state index is -1.29. The zero-order chi connectivity index (χ0) is 32.2. The lowest BCUT2D eigenvalue weighted by Gasteiger charge is -2.30. The molecule has 2 aliphatic carbocycles. The van der Waals surface area contributed by atoms with E-state index in [9.17, 15) is 22.4 Å². The Morgan fingerprint density at radius 1 is 0.556 bits per heavy atom. The predicted octanol–water partition coefficient (Wildman–Crippen LogP) is 9.64. The lowest BCUT2D eigenvalue weighted by atomic mass is 9.75. The number of halogens is 6. The van der Waals surface area contributed by atoms with Crippen LogP contribution in [0.2, 0.25) is 0 Å². The van der Waals surface area contributed by atoms with Crippen LogP contribution in [-0.2, 0) is 4.74 Å². The van der Waals surface area contributed by atoms with Gasteiger partial charge >= 0.3 is 5.97 Å². The van der Waals surface area contributed by atoms with Gasteiger partial charge in [-0.2, -0.15) is 8.78 Å². The van der Waals surface area contributed by atoms with E-state index in [1.165, 1.54) is 36.4 Å². The second kappa shape index (κ2) is 14.2. The molecule has 0 unspecified atom stereocenters. The molecule has 2 fully saturated rings. The van der Waals surface area contributed by atoms with Crippen molar-refractivity contribution in [2.75, 3.05) is 13.2 Å². The molecule has 0 N–H and O–H groups in total. The largest absolute Gasteiger partial charge is 0.491 e. The molecule has 4 nitrogen and oxygen atoms in total. The van der Waals surface area contributed by atoms with Crippen LogP contribution in [-0.4, -0.2) is 25.3 Å². The highest BCUT2D eigenvalue weighted by atomic mass is 19.2. The summed E-state index contributed by atoms with van der Waals surface area (Å²) in [5.41, 5.74) is 0.0878. The zero-order valence-electron chi connectivity index (χ0n) is 25.2. The molecule has 3 aromatic carbocycles. The van der Waals surface area contributed by atoms with E-state index < -0.39 is 52.5 Å². The zero-order valence-corrected chi connectivity index (χ0v) is 25.2. The van der Waals surface area contributed by atoms with E-state index in [1.807, 2.05) is 0 Å². The molecule has 0 spiro atoms. The Kier molecular flexibility index (Phi) is 10.3. The van der Waals surface area contributed by atoms with Crippen LogP contribution in [0.15, 0.2) is 36.4 Å². The number of ether oxygens (including phenoxy) is 3. The third-order valence-electron chi connectivity index (χ3n) is 9.08. The summed E-state index contributed by atoms with van der Waals surface area (Å²) >= 11 is 0. The molecule has 0 aromatic heterocycles. The van der Waals surface area contributed by atoms with Gasteiger partial charge in [0.1, 0.15) is 6.10 Å². The van der Waals surface area contributed by atoms with Gasteiger partial charge in [-0.05, 0) is 118 Å². The first kappa shape index (κ1) is 32.7. The summed E-state index contributed by atoms with van der Waals surface area (Å²) in [4.78, 5) is 12.8. The van der Waals surface area contributed by atoms with Crippen LogP contribution in [0.3, 0.4) is 0 Å². The van der Waals surface area contributed by atoms with Gasteiger partial charge in [0, 0.05) is 0 Å². The second-order valence-corrected chi connectivity index (χ2v) is 11.7. The fraction of sp³-hybridized carbons (Fsp3) is 0.457. The predicted molar refractivity (Wildman–Crippen MR) is 156 cm³/mol. The third kappa shape index (κ3) is 6.79.